The molecule has 2 atom stereocenters. The average molecular weight is 563 g/mol. The summed E-state index contributed by atoms with van der Waals surface area (Å²) in [6.07, 6.45) is 1.09. The summed E-state index contributed by atoms with van der Waals surface area (Å²) in [5.41, 5.74) is 6.93. The van der Waals surface area contributed by atoms with Crippen molar-refractivity contribution in [3.63, 3.8) is 0 Å². The second kappa shape index (κ2) is 10.1. The Morgan fingerprint density at radius 3 is 2.34 bits per heavy atom. The molecule has 0 fully saturated rings. The van der Waals surface area contributed by atoms with Crippen LogP contribution in [0.5, 0.6) is 0 Å². The summed E-state index contributed by atoms with van der Waals surface area (Å²) in [4.78, 5) is 30.1. The number of carbonyl (C=O) groups excluding carboxylic acids is 2. The summed E-state index contributed by atoms with van der Waals surface area (Å²) >= 11 is 3.61. The fourth-order valence-corrected chi connectivity index (χ4v) is 6.02. The van der Waals surface area contributed by atoms with Gasteiger partial charge in [0.1, 0.15) is 0 Å². The average Bonchev–Trinajstić information content (AvgIpc) is 3.08. The Hall–Kier alpha value is -3.96. The largest absolute Gasteiger partial charge is 0.357 e. The smallest absolute Gasteiger partial charge is 0.259 e. The Labute approximate surface area is 231 Å². The van der Waals surface area contributed by atoms with Crippen molar-refractivity contribution < 1.29 is 9.59 Å². The maximum atomic E-state index is 14.2. The van der Waals surface area contributed by atoms with Crippen molar-refractivity contribution in [2.24, 2.45) is 0 Å². The molecule has 1 aliphatic heterocycles. The first-order valence-electron chi connectivity index (χ1n) is 12.8. The van der Waals surface area contributed by atoms with Crippen LogP contribution in [0.2, 0.25) is 0 Å². The third-order valence-corrected chi connectivity index (χ3v) is 7.93. The standard InChI is InChI=1S/C33H27BrN2O2/c1-21-14-16-22(17-15-21)25-19-28-31(30(37)20-25)32(24-10-7-11-26(34)18-24)36(29-13-6-5-12-27(29)35-28)33(38)23-8-3-2-4-9-23/h2-18,25,32,35H,19-20H2,1H3. The molecule has 2 aliphatic rings. The Morgan fingerprint density at radius 2 is 1.58 bits per heavy atom. The van der Waals surface area contributed by atoms with Crippen molar-refractivity contribution >= 4 is 39.0 Å². The van der Waals surface area contributed by atoms with Crippen LogP contribution in [0.25, 0.3) is 0 Å². The van der Waals surface area contributed by atoms with E-state index < -0.39 is 6.04 Å². The number of nitrogens with zero attached hydrogens (tertiary/aromatic N) is 1. The number of amides is 1. The van der Waals surface area contributed by atoms with E-state index in [1.165, 1.54) is 5.56 Å². The number of allylic oxidation sites excluding steroid dienone is 1. The maximum absolute atomic E-state index is 14.2. The predicted octanol–water partition coefficient (Wildman–Crippen LogP) is 7.97. The lowest BCUT2D eigenvalue weighted by atomic mass is 9.78. The molecule has 4 aromatic rings. The molecule has 4 nitrogen and oxygen atoms in total. The van der Waals surface area contributed by atoms with Crippen LogP contribution in [0, 0.1) is 6.92 Å². The number of ketones is 1. The number of hydrogen-bond donors (Lipinski definition) is 1. The molecule has 6 rings (SSSR count). The summed E-state index contributed by atoms with van der Waals surface area (Å²) < 4.78 is 0.899. The van der Waals surface area contributed by atoms with E-state index in [0.717, 1.165) is 32.7 Å². The zero-order valence-electron chi connectivity index (χ0n) is 21.0. The molecule has 1 N–H and O–H groups in total. The molecule has 1 heterocycles. The van der Waals surface area contributed by atoms with E-state index in [0.29, 0.717) is 24.0 Å². The second-order valence-corrected chi connectivity index (χ2v) is 10.9. The fourth-order valence-electron chi connectivity index (χ4n) is 5.60. The van der Waals surface area contributed by atoms with E-state index in [9.17, 15) is 9.59 Å². The SMILES string of the molecule is Cc1ccc(C2CC(=O)C3=C(C2)Nc2ccccc2N(C(=O)c2ccccc2)C3c2cccc(Br)c2)cc1. The Morgan fingerprint density at radius 1 is 0.842 bits per heavy atom. The highest BCUT2D eigenvalue weighted by molar-refractivity contribution is 9.10. The summed E-state index contributed by atoms with van der Waals surface area (Å²) in [5.74, 6) is -0.0129. The normalized spacial score (nSPS) is 18.8. The van der Waals surface area contributed by atoms with E-state index in [1.807, 2.05) is 78.9 Å². The molecule has 38 heavy (non-hydrogen) atoms. The lowest BCUT2D eigenvalue weighted by Gasteiger charge is -2.35. The molecule has 0 radical (unpaired) electrons. The molecule has 0 saturated carbocycles. The van der Waals surface area contributed by atoms with Crippen LogP contribution in [0.3, 0.4) is 0 Å². The van der Waals surface area contributed by atoms with E-state index in [1.54, 1.807) is 4.90 Å². The number of fused-ring (bicyclic) bond motifs is 1. The first kappa shape index (κ1) is 24.4. The Balaban J connectivity index is 1.56. The molecule has 2 unspecified atom stereocenters. The van der Waals surface area contributed by atoms with Gasteiger partial charge in [-0.05, 0) is 66.8 Å². The molecule has 0 saturated heterocycles. The minimum absolute atomic E-state index is 0.0629. The van der Waals surface area contributed by atoms with Gasteiger partial charge in [-0.3, -0.25) is 14.5 Å². The number of Topliss-reactive ketones (excluding diaryl/α,β-unsaturated/α-hetero) is 1. The van der Waals surface area contributed by atoms with Gasteiger partial charge in [0.25, 0.3) is 5.91 Å². The molecule has 5 heteroatoms. The number of benzene rings is 4. The lowest BCUT2D eigenvalue weighted by Crippen LogP contribution is -2.38. The van der Waals surface area contributed by atoms with Gasteiger partial charge in [-0.1, -0.05) is 88.2 Å². The molecule has 1 aliphatic carbocycles. The van der Waals surface area contributed by atoms with Crippen LogP contribution in [0.1, 0.15) is 51.8 Å². The fraction of sp³-hybridized carbons (Fsp3) is 0.152. The zero-order chi connectivity index (χ0) is 26.2. The topological polar surface area (TPSA) is 49.4 Å². The van der Waals surface area contributed by atoms with Crippen LogP contribution in [0.4, 0.5) is 11.4 Å². The van der Waals surface area contributed by atoms with Crippen LogP contribution in [-0.2, 0) is 4.79 Å². The highest BCUT2D eigenvalue weighted by Gasteiger charge is 2.41. The van der Waals surface area contributed by atoms with E-state index in [4.69, 9.17) is 0 Å². The van der Waals surface area contributed by atoms with Crippen molar-refractivity contribution in [2.75, 3.05) is 10.2 Å². The van der Waals surface area contributed by atoms with Gasteiger partial charge in [0.15, 0.2) is 5.78 Å². The van der Waals surface area contributed by atoms with Gasteiger partial charge in [-0.15, -0.1) is 0 Å². The summed E-state index contributed by atoms with van der Waals surface area (Å²) in [7, 11) is 0. The van der Waals surface area contributed by atoms with E-state index >= 15 is 0 Å². The summed E-state index contributed by atoms with van der Waals surface area (Å²) in [6, 6.07) is 32.9. The molecule has 0 spiro atoms. The van der Waals surface area contributed by atoms with Crippen LogP contribution >= 0.6 is 15.9 Å². The minimum atomic E-state index is -0.571. The molecule has 0 aromatic heterocycles. The monoisotopic (exact) mass is 562 g/mol. The number of nitrogens with one attached hydrogen (secondary N) is 1. The number of halogens is 1. The van der Waals surface area contributed by atoms with Gasteiger partial charge >= 0.3 is 0 Å². The summed E-state index contributed by atoms with van der Waals surface area (Å²) in [5, 5.41) is 3.61. The van der Waals surface area contributed by atoms with Crippen molar-refractivity contribution in [3.05, 3.63) is 141 Å². The number of rotatable bonds is 3. The van der Waals surface area contributed by atoms with Crippen LogP contribution in [0.15, 0.2) is 119 Å². The van der Waals surface area contributed by atoms with Gasteiger partial charge in [0.2, 0.25) is 0 Å². The van der Waals surface area contributed by atoms with Crippen LogP contribution in [-0.4, -0.2) is 11.7 Å². The number of anilines is 2. The van der Waals surface area contributed by atoms with Crippen molar-refractivity contribution in [1.82, 2.24) is 0 Å². The maximum Gasteiger partial charge on any atom is 0.259 e. The summed E-state index contributed by atoms with van der Waals surface area (Å²) in [6.45, 7) is 2.07. The molecular weight excluding hydrogens is 536 g/mol. The lowest BCUT2D eigenvalue weighted by molar-refractivity contribution is -0.116. The highest BCUT2D eigenvalue weighted by atomic mass is 79.9. The van der Waals surface area contributed by atoms with Crippen molar-refractivity contribution in [2.45, 2.75) is 31.7 Å². The Bertz CT molecular complexity index is 1560. The zero-order valence-corrected chi connectivity index (χ0v) is 22.6. The van der Waals surface area contributed by atoms with Gasteiger partial charge in [-0.2, -0.15) is 0 Å². The quantitative estimate of drug-likeness (QED) is 0.275. The molecule has 188 valence electrons. The molecule has 1 amide bonds. The molecule has 4 aromatic carbocycles. The number of para-hydroxylation sites is 2. The van der Waals surface area contributed by atoms with E-state index in [2.05, 4.69) is 52.4 Å². The van der Waals surface area contributed by atoms with Gasteiger partial charge in [0.05, 0.1) is 17.4 Å². The first-order valence-corrected chi connectivity index (χ1v) is 13.6. The van der Waals surface area contributed by atoms with Crippen molar-refractivity contribution in [1.29, 1.82) is 0 Å². The third-order valence-electron chi connectivity index (χ3n) is 7.44. The number of carbonyl (C=O) groups is 2. The van der Waals surface area contributed by atoms with Crippen molar-refractivity contribution in [3.8, 4) is 0 Å². The highest BCUT2D eigenvalue weighted by Crippen LogP contribution is 2.48. The van der Waals surface area contributed by atoms with Gasteiger partial charge < -0.3 is 5.32 Å². The molecule has 0 bridgehead atoms. The minimum Gasteiger partial charge on any atom is -0.357 e. The van der Waals surface area contributed by atoms with Crippen LogP contribution < -0.4 is 10.2 Å². The third kappa shape index (κ3) is 4.48. The second-order valence-electron chi connectivity index (χ2n) is 9.97. The van der Waals surface area contributed by atoms with E-state index in [-0.39, 0.29) is 17.6 Å². The van der Waals surface area contributed by atoms with Gasteiger partial charge in [-0.25, -0.2) is 0 Å². The number of aryl methyl sites for hydroxylation is 1. The Kier molecular flexibility index (Phi) is 6.46. The first-order chi connectivity index (χ1) is 18.5. The van der Waals surface area contributed by atoms with Gasteiger partial charge in [0, 0.05) is 27.7 Å². The molecular formula is C33H27BrN2O2. The predicted molar refractivity (Wildman–Crippen MR) is 155 cm³/mol. The number of hydrogen-bond acceptors (Lipinski definition) is 3.